The quantitative estimate of drug-likeness (QED) is 0.140. The van der Waals surface area contributed by atoms with E-state index in [1.165, 1.54) is 24.0 Å². The molecule has 0 spiro atoms. The summed E-state index contributed by atoms with van der Waals surface area (Å²) in [4.78, 5) is 14.2. The van der Waals surface area contributed by atoms with Crippen molar-refractivity contribution in [1.82, 2.24) is 19.7 Å². The van der Waals surface area contributed by atoms with Crippen molar-refractivity contribution in [3.8, 4) is 5.75 Å². The maximum absolute atomic E-state index is 11.7. The smallest absolute Gasteiger partial charge is 0.266 e. The number of benzene rings is 1. The highest BCUT2D eigenvalue weighted by Crippen LogP contribution is 2.20. The number of nitrogens with zero attached hydrogens (tertiary/aromatic N) is 4. The molecule has 0 aliphatic heterocycles. The summed E-state index contributed by atoms with van der Waals surface area (Å²) in [6.07, 6.45) is 0. The van der Waals surface area contributed by atoms with Gasteiger partial charge in [0.1, 0.15) is 5.75 Å². The molecule has 0 aliphatic carbocycles. The normalized spacial score (nSPS) is 11.8. The van der Waals surface area contributed by atoms with Crippen molar-refractivity contribution in [2.75, 3.05) is 59.8 Å². The summed E-state index contributed by atoms with van der Waals surface area (Å²) in [5.41, 5.74) is 0.540. The van der Waals surface area contributed by atoms with Crippen LogP contribution in [0.25, 0.3) is 0 Å². The summed E-state index contributed by atoms with van der Waals surface area (Å²) in [5.74, 6) is -0.451. The van der Waals surface area contributed by atoms with Crippen molar-refractivity contribution in [2.45, 2.75) is 6.92 Å². The molecule has 0 saturated carbocycles. The average Bonchev–Trinajstić information content (AvgIpc) is 2.74. The van der Waals surface area contributed by atoms with E-state index in [9.17, 15) is 27.0 Å². The van der Waals surface area contributed by atoms with E-state index < -0.39 is 25.9 Å². The molecule has 1 aromatic heterocycles. The van der Waals surface area contributed by atoms with Crippen molar-refractivity contribution >= 4 is 43.7 Å². The molecule has 0 fully saturated rings. The Labute approximate surface area is 191 Å². The van der Waals surface area contributed by atoms with Crippen LogP contribution in [-0.4, -0.2) is 90.8 Å². The fourth-order valence-corrected chi connectivity index (χ4v) is 3.44. The van der Waals surface area contributed by atoms with Gasteiger partial charge in [0.25, 0.3) is 10.1 Å². The molecule has 1 heterocycles. The van der Waals surface area contributed by atoms with Gasteiger partial charge in [0, 0.05) is 31.9 Å². The van der Waals surface area contributed by atoms with Crippen LogP contribution in [0.5, 0.6) is 5.75 Å². The van der Waals surface area contributed by atoms with E-state index in [0.29, 0.717) is 5.69 Å². The minimum absolute atomic E-state index is 0.0120. The second kappa shape index (κ2) is 11.9. The van der Waals surface area contributed by atoms with Crippen LogP contribution in [0.3, 0.4) is 0 Å². The summed E-state index contributed by atoms with van der Waals surface area (Å²) >= 11 is 0. The monoisotopic (exact) mass is 505 g/mol. The number of aliphatic hydroxyl groups is 1. The van der Waals surface area contributed by atoms with Crippen LogP contribution in [-0.2, 0) is 20.1 Å². The zero-order valence-electron chi connectivity index (χ0n) is 17.8. The number of rotatable bonds is 14. The number of phenolic OH excluding ortho intramolecular Hbond substituents is 1. The standard InChI is InChI=1S/C17H27N7O7S2/c1-2-32(27,28)19-7-9-24(10-11-25)17-22-15(18-8-12-33(29,30)31)21-16(23-17)20-13-3-5-14(26)6-4-13/h3-6,19,25-26H,2,7-12H2,1H3,(H,29,30,31)(H2,18,20,21,22,23). The average molecular weight is 506 g/mol. The van der Waals surface area contributed by atoms with E-state index in [2.05, 4.69) is 30.3 Å². The highest BCUT2D eigenvalue weighted by atomic mass is 32.2. The molecule has 0 unspecified atom stereocenters. The maximum atomic E-state index is 11.7. The lowest BCUT2D eigenvalue weighted by Crippen LogP contribution is -2.38. The van der Waals surface area contributed by atoms with Crippen LogP contribution in [0.15, 0.2) is 24.3 Å². The SMILES string of the molecule is CCS(=O)(=O)NCCN(CCO)c1nc(NCCS(=O)(=O)O)nc(Nc2ccc(O)cc2)n1. The van der Waals surface area contributed by atoms with Gasteiger partial charge in [-0.15, -0.1) is 0 Å². The van der Waals surface area contributed by atoms with Crippen LogP contribution in [0.2, 0.25) is 0 Å². The van der Waals surface area contributed by atoms with E-state index in [4.69, 9.17) is 4.55 Å². The lowest BCUT2D eigenvalue weighted by molar-refractivity contribution is 0.301. The summed E-state index contributed by atoms with van der Waals surface area (Å²) in [5, 5.41) is 24.5. The molecule has 6 N–H and O–H groups in total. The van der Waals surface area contributed by atoms with Gasteiger partial charge in [-0.2, -0.15) is 23.4 Å². The molecule has 1 aromatic carbocycles. The summed E-state index contributed by atoms with van der Waals surface area (Å²) in [7, 11) is -7.62. The predicted molar refractivity (Wildman–Crippen MR) is 123 cm³/mol. The molecule has 0 atom stereocenters. The third-order valence-corrected chi connectivity index (χ3v) is 6.25. The summed E-state index contributed by atoms with van der Waals surface area (Å²) in [6.45, 7) is 1.31. The van der Waals surface area contributed by atoms with Crippen molar-refractivity contribution < 1.29 is 31.6 Å². The van der Waals surface area contributed by atoms with E-state index in [1.807, 2.05) is 0 Å². The third-order valence-electron chi connectivity index (χ3n) is 4.13. The number of phenols is 1. The highest BCUT2D eigenvalue weighted by molar-refractivity contribution is 7.89. The van der Waals surface area contributed by atoms with E-state index in [-0.39, 0.29) is 62.1 Å². The first-order chi connectivity index (χ1) is 15.5. The van der Waals surface area contributed by atoms with Crippen molar-refractivity contribution in [2.24, 2.45) is 0 Å². The molecule has 0 saturated heterocycles. The number of anilines is 4. The Morgan fingerprint density at radius 3 is 2.24 bits per heavy atom. The third kappa shape index (κ3) is 9.70. The lowest BCUT2D eigenvalue weighted by atomic mass is 10.3. The van der Waals surface area contributed by atoms with Gasteiger partial charge >= 0.3 is 0 Å². The Bertz CT molecular complexity index is 1110. The van der Waals surface area contributed by atoms with Gasteiger partial charge < -0.3 is 25.7 Å². The first kappa shape index (κ1) is 26.5. The molecule has 2 aromatic rings. The number of hydrogen-bond donors (Lipinski definition) is 6. The Kier molecular flexibility index (Phi) is 9.54. The zero-order valence-corrected chi connectivity index (χ0v) is 19.5. The second-order valence-electron chi connectivity index (χ2n) is 6.68. The Morgan fingerprint density at radius 1 is 0.970 bits per heavy atom. The fraction of sp³-hybridized carbons (Fsp3) is 0.471. The van der Waals surface area contributed by atoms with E-state index in [1.54, 1.807) is 12.1 Å². The molecule has 16 heteroatoms. The zero-order chi connectivity index (χ0) is 24.5. The first-order valence-corrected chi connectivity index (χ1v) is 13.1. The van der Waals surface area contributed by atoms with Crippen LogP contribution in [0.1, 0.15) is 6.92 Å². The van der Waals surface area contributed by atoms with Gasteiger partial charge in [-0.05, 0) is 31.2 Å². The minimum atomic E-state index is -4.20. The molecule has 0 bridgehead atoms. The molecular formula is C17H27N7O7S2. The van der Waals surface area contributed by atoms with Gasteiger partial charge in [-0.3, -0.25) is 4.55 Å². The van der Waals surface area contributed by atoms with Gasteiger partial charge in [-0.25, -0.2) is 13.1 Å². The van der Waals surface area contributed by atoms with Crippen molar-refractivity contribution in [3.05, 3.63) is 24.3 Å². The maximum Gasteiger partial charge on any atom is 0.266 e. The van der Waals surface area contributed by atoms with Crippen LogP contribution < -0.4 is 20.3 Å². The molecule has 14 nitrogen and oxygen atoms in total. The number of aromatic hydroxyl groups is 1. The summed E-state index contributed by atoms with van der Waals surface area (Å²) < 4.78 is 56.7. The molecule has 0 amide bonds. The molecule has 33 heavy (non-hydrogen) atoms. The lowest BCUT2D eigenvalue weighted by Gasteiger charge is -2.22. The number of aliphatic hydroxyl groups excluding tert-OH is 1. The topological polar surface area (TPSA) is 207 Å². The van der Waals surface area contributed by atoms with Gasteiger partial charge in [-0.1, -0.05) is 0 Å². The Hall–Kier alpha value is -2.79. The van der Waals surface area contributed by atoms with Gasteiger partial charge in [0.15, 0.2) is 0 Å². The number of hydrogen-bond acceptors (Lipinski definition) is 12. The molecular weight excluding hydrogens is 478 g/mol. The molecule has 2 rings (SSSR count). The van der Waals surface area contributed by atoms with Crippen LogP contribution in [0, 0.1) is 0 Å². The van der Waals surface area contributed by atoms with Gasteiger partial charge in [0.05, 0.1) is 18.1 Å². The predicted octanol–water partition coefficient (Wildman–Crippen LogP) is -0.641. The molecule has 184 valence electrons. The first-order valence-electron chi connectivity index (χ1n) is 9.85. The van der Waals surface area contributed by atoms with Crippen molar-refractivity contribution in [1.29, 1.82) is 0 Å². The molecule has 0 aliphatic rings. The minimum Gasteiger partial charge on any atom is -0.508 e. The Morgan fingerprint density at radius 2 is 1.64 bits per heavy atom. The van der Waals surface area contributed by atoms with Crippen LogP contribution in [0.4, 0.5) is 23.5 Å². The van der Waals surface area contributed by atoms with Gasteiger partial charge in [0.2, 0.25) is 27.9 Å². The summed E-state index contributed by atoms with van der Waals surface area (Å²) in [6, 6.07) is 6.06. The molecule has 0 radical (unpaired) electrons. The number of sulfonamides is 1. The second-order valence-corrected chi connectivity index (χ2v) is 10.3. The Balaban J connectivity index is 2.28. The van der Waals surface area contributed by atoms with E-state index in [0.717, 1.165) is 0 Å². The number of aromatic nitrogens is 3. The number of nitrogens with one attached hydrogen (secondary N) is 3. The van der Waals surface area contributed by atoms with E-state index >= 15 is 0 Å². The highest BCUT2D eigenvalue weighted by Gasteiger charge is 2.16. The largest absolute Gasteiger partial charge is 0.508 e. The van der Waals surface area contributed by atoms with Crippen LogP contribution >= 0.6 is 0 Å². The fourth-order valence-electron chi connectivity index (χ4n) is 2.48. The van der Waals surface area contributed by atoms with Crippen molar-refractivity contribution in [3.63, 3.8) is 0 Å².